The van der Waals surface area contributed by atoms with E-state index in [2.05, 4.69) is 5.10 Å². The van der Waals surface area contributed by atoms with Crippen molar-refractivity contribution in [3.8, 4) is 0 Å². The molecule has 1 aromatic rings. The first-order valence-electron chi connectivity index (χ1n) is 8.40. The third-order valence-electron chi connectivity index (χ3n) is 5.52. The normalized spacial score (nSPS) is 26.6. The Morgan fingerprint density at radius 1 is 1.38 bits per heavy atom. The van der Waals surface area contributed by atoms with Crippen LogP contribution in [0.2, 0.25) is 0 Å². The molecule has 2 saturated heterocycles. The zero-order valence-electron chi connectivity index (χ0n) is 14.9. The second-order valence-electron chi connectivity index (χ2n) is 7.19. The summed E-state index contributed by atoms with van der Waals surface area (Å²) in [5.41, 5.74) is 1.43. The van der Waals surface area contributed by atoms with Gasteiger partial charge < -0.3 is 14.5 Å². The third kappa shape index (κ3) is 2.81. The maximum Gasteiger partial charge on any atom is 0.272 e. The van der Waals surface area contributed by atoms with Gasteiger partial charge in [0.1, 0.15) is 5.69 Å². The van der Waals surface area contributed by atoms with Crippen LogP contribution in [0.1, 0.15) is 29.5 Å². The Balaban J connectivity index is 1.78. The van der Waals surface area contributed by atoms with E-state index in [1.165, 1.54) is 0 Å². The lowest BCUT2D eigenvalue weighted by Gasteiger charge is -2.42. The summed E-state index contributed by atoms with van der Waals surface area (Å²) in [5, 5.41) is 4.27. The van der Waals surface area contributed by atoms with Crippen LogP contribution in [0, 0.1) is 18.3 Å². The van der Waals surface area contributed by atoms with Crippen LogP contribution in [0.3, 0.4) is 0 Å². The number of ether oxygens (including phenoxy) is 1. The Morgan fingerprint density at radius 3 is 2.67 bits per heavy atom. The molecule has 0 aliphatic carbocycles. The van der Waals surface area contributed by atoms with Gasteiger partial charge in [0.15, 0.2) is 0 Å². The van der Waals surface area contributed by atoms with Gasteiger partial charge in [-0.15, -0.1) is 0 Å². The predicted octanol–water partition coefficient (Wildman–Crippen LogP) is 0.686. The fourth-order valence-electron chi connectivity index (χ4n) is 4.20. The SMILES string of the molecule is COC[C@@]12CCN(C(=O)c3cc(C)nn3C)C[C@@H]1CN(C(C)=O)C2. The molecule has 132 valence electrons. The van der Waals surface area contributed by atoms with E-state index in [4.69, 9.17) is 4.74 Å². The summed E-state index contributed by atoms with van der Waals surface area (Å²) >= 11 is 0. The molecule has 7 nitrogen and oxygen atoms in total. The van der Waals surface area contributed by atoms with Gasteiger partial charge >= 0.3 is 0 Å². The van der Waals surface area contributed by atoms with E-state index in [0.29, 0.717) is 31.9 Å². The molecule has 0 spiro atoms. The first-order valence-corrected chi connectivity index (χ1v) is 8.40. The van der Waals surface area contributed by atoms with E-state index in [1.54, 1.807) is 25.8 Å². The minimum atomic E-state index is -0.0282. The van der Waals surface area contributed by atoms with Gasteiger partial charge in [-0.2, -0.15) is 5.10 Å². The summed E-state index contributed by atoms with van der Waals surface area (Å²) in [6.07, 6.45) is 0.859. The van der Waals surface area contributed by atoms with Crippen molar-refractivity contribution in [1.82, 2.24) is 19.6 Å². The van der Waals surface area contributed by atoms with Gasteiger partial charge in [0, 0.05) is 58.6 Å². The number of likely N-dealkylation sites (tertiary alicyclic amines) is 2. The Morgan fingerprint density at radius 2 is 2.08 bits per heavy atom. The van der Waals surface area contributed by atoms with Crippen LogP contribution >= 0.6 is 0 Å². The van der Waals surface area contributed by atoms with Gasteiger partial charge in [-0.1, -0.05) is 0 Å². The van der Waals surface area contributed by atoms with E-state index in [1.807, 2.05) is 22.8 Å². The van der Waals surface area contributed by atoms with Crippen molar-refractivity contribution in [3.63, 3.8) is 0 Å². The lowest BCUT2D eigenvalue weighted by Crippen LogP contribution is -2.51. The molecule has 0 saturated carbocycles. The molecule has 3 rings (SSSR count). The van der Waals surface area contributed by atoms with Gasteiger partial charge in [-0.25, -0.2) is 0 Å². The number of carbonyl (C=O) groups is 2. The quantitative estimate of drug-likeness (QED) is 0.815. The van der Waals surface area contributed by atoms with E-state index in [0.717, 1.165) is 18.7 Å². The molecule has 1 aromatic heterocycles. The number of carbonyl (C=O) groups excluding carboxylic acids is 2. The van der Waals surface area contributed by atoms with Crippen LogP contribution in [-0.2, 0) is 16.6 Å². The van der Waals surface area contributed by atoms with E-state index in [-0.39, 0.29) is 23.1 Å². The molecule has 2 atom stereocenters. The molecule has 0 radical (unpaired) electrons. The fourth-order valence-corrected chi connectivity index (χ4v) is 4.20. The zero-order chi connectivity index (χ0) is 17.5. The summed E-state index contributed by atoms with van der Waals surface area (Å²) < 4.78 is 7.11. The van der Waals surface area contributed by atoms with E-state index >= 15 is 0 Å². The van der Waals surface area contributed by atoms with Crippen LogP contribution in [0.4, 0.5) is 0 Å². The van der Waals surface area contributed by atoms with Crippen LogP contribution in [0.25, 0.3) is 0 Å². The van der Waals surface area contributed by atoms with Gasteiger partial charge in [0.25, 0.3) is 5.91 Å². The van der Waals surface area contributed by atoms with Crippen molar-refractivity contribution in [1.29, 1.82) is 0 Å². The predicted molar refractivity (Wildman–Crippen MR) is 88.5 cm³/mol. The number of hydrogen-bond acceptors (Lipinski definition) is 4. The number of rotatable bonds is 3. The standard InChI is InChI=1S/C17H26N4O3/c1-12-7-15(19(3)18-12)16(23)20-6-5-17(11-24-4)10-21(13(2)22)9-14(17)8-20/h7,14H,5-6,8-11H2,1-4H3/t14-,17+/m1/s1. The fraction of sp³-hybridized carbons (Fsp3) is 0.706. The molecule has 0 bridgehead atoms. The van der Waals surface area contributed by atoms with E-state index in [9.17, 15) is 9.59 Å². The first-order chi connectivity index (χ1) is 11.4. The number of nitrogens with zero attached hydrogens (tertiary/aromatic N) is 4. The van der Waals surface area contributed by atoms with Gasteiger partial charge in [-0.3, -0.25) is 14.3 Å². The minimum Gasteiger partial charge on any atom is -0.384 e. The molecule has 7 heteroatoms. The lowest BCUT2D eigenvalue weighted by atomic mass is 9.73. The Labute approximate surface area is 142 Å². The average molecular weight is 334 g/mol. The Hall–Kier alpha value is -1.89. The van der Waals surface area contributed by atoms with Gasteiger partial charge in [0.2, 0.25) is 5.91 Å². The van der Waals surface area contributed by atoms with Crippen molar-refractivity contribution in [2.45, 2.75) is 20.3 Å². The van der Waals surface area contributed by atoms with Crippen molar-refractivity contribution in [2.75, 3.05) is 39.9 Å². The highest BCUT2D eigenvalue weighted by atomic mass is 16.5. The number of aromatic nitrogens is 2. The Bertz CT molecular complexity index is 656. The molecule has 0 aromatic carbocycles. The van der Waals surface area contributed by atoms with Gasteiger partial charge in [-0.05, 0) is 19.4 Å². The lowest BCUT2D eigenvalue weighted by molar-refractivity contribution is -0.128. The maximum absolute atomic E-state index is 12.9. The topological polar surface area (TPSA) is 67.7 Å². The second-order valence-corrected chi connectivity index (χ2v) is 7.19. The maximum atomic E-state index is 12.9. The van der Waals surface area contributed by atoms with Crippen LogP contribution in [0.15, 0.2) is 6.07 Å². The number of methoxy groups -OCH3 is 1. The monoisotopic (exact) mass is 334 g/mol. The molecule has 24 heavy (non-hydrogen) atoms. The minimum absolute atomic E-state index is 0.0189. The number of aryl methyl sites for hydroxylation is 2. The van der Waals surface area contributed by atoms with Gasteiger partial charge in [0.05, 0.1) is 12.3 Å². The highest BCUT2D eigenvalue weighted by molar-refractivity contribution is 5.92. The second kappa shape index (κ2) is 6.20. The summed E-state index contributed by atoms with van der Waals surface area (Å²) in [7, 11) is 3.50. The number of fused-ring (bicyclic) bond motifs is 1. The molecule has 2 aliphatic heterocycles. The highest BCUT2D eigenvalue weighted by Gasteiger charge is 2.51. The number of piperidine rings is 1. The Kier molecular flexibility index (Phi) is 4.38. The smallest absolute Gasteiger partial charge is 0.272 e. The molecule has 3 heterocycles. The molecule has 2 amide bonds. The number of hydrogen-bond donors (Lipinski definition) is 0. The summed E-state index contributed by atoms with van der Waals surface area (Å²) in [6.45, 7) is 6.91. The summed E-state index contributed by atoms with van der Waals surface area (Å²) in [6, 6.07) is 1.83. The number of amides is 2. The summed E-state index contributed by atoms with van der Waals surface area (Å²) in [5.74, 6) is 0.374. The van der Waals surface area contributed by atoms with E-state index < -0.39 is 0 Å². The first kappa shape index (κ1) is 17.0. The molecule has 2 aliphatic rings. The molecule has 0 N–H and O–H groups in total. The molecular formula is C17H26N4O3. The largest absolute Gasteiger partial charge is 0.384 e. The van der Waals surface area contributed by atoms with Crippen molar-refractivity contribution in [2.24, 2.45) is 18.4 Å². The third-order valence-corrected chi connectivity index (χ3v) is 5.52. The van der Waals surface area contributed by atoms with Crippen molar-refractivity contribution >= 4 is 11.8 Å². The highest BCUT2D eigenvalue weighted by Crippen LogP contribution is 2.43. The van der Waals surface area contributed by atoms with Crippen molar-refractivity contribution < 1.29 is 14.3 Å². The molecule has 0 unspecified atom stereocenters. The van der Waals surface area contributed by atoms with Crippen LogP contribution in [0.5, 0.6) is 0 Å². The molecule has 2 fully saturated rings. The van der Waals surface area contributed by atoms with Crippen LogP contribution in [-0.4, -0.2) is 71.3 Å². The zero-order valence-corrected chi connectivity index (χ0v) is 14.9. The average Bonchev–Trinajstić information content (AvgIpc) is 3.06. The van der Waals surface area contributed by atoms with Crippen LogP contribution < -0.4 is 0 Å². The van der Waals surface area contributed by atoms with Crippen molar-refractivity contribution in [3.05, 3.63) is 17.5 Å². The molecular weight excluding hydrogens is 308 g/mol. The summed E-state index contributed by atoms with van der Waals surface area (Å²) in [4.78, 5) is 28.5.